The minimum atomic E-state index is -0.414. The Hall–Kier alpha value is -2.69. The number of aryl methyl sites for hydroxylation is 1. The maximum absolute atomic E-state index is 11.0. The molecule has 5 heteroatoms. The molecule has 2 aromatic carbocycles. The van der Waals surface area contributed by atoms with Gasteiger partial charge in [0.05, 0.1) is 21.9 Å². The van der Waals surface area contributed by atoms with Crippen LogP contribution in [-0.4, -0.2) is 11.1 Å². The number of nitro benzene ring substituents is 1. The minimum absolute atomic E-state index is 0.0400. The lowest BCUT2D eigenvalue weighted by Crippen LogP contribution is -1.97. The van der Waals surface area contributed by atoms with E-state index in [0.717, 1.165) is 5.56 Å². The third-order valence-corrected chi connectivity index (χ3v) is 2.77. The van der Waals surface area contributed by atoms with Crippen LogP contribution in [0.3, 0.4) is 0 Å². The molecular formula is C14H13N3O2. The third kappa shape index (κ3) is 2.77. The van der Waals surface area contributed by atoms with E-state index >= 15 is 0 Å². The maximum atomic E-state index is 11.0. The van der Waals surface area contributed by atoms with E-state index in [1.54, 1.807) is 18.2 Å². The van der Waals surface area contributed by atoms with Gasteiger partial charge in [-0.25, -0.2) is 0 Å². The molecule has 0 saturated heterocycles. The largest absolute Gasteiger partial charge is 0.397 e. The van der Waals surface area contributed by atoms with Crippen molar-refractivity contribution in [2.24, 2.45) is 4.99 Å². The summed E-state index contributed by atoms with van der Waals surface area (Å²) in [6.07, 6.45) is 1.49. The Morgan fingerprint density at radius 2 is 1.95 bits per heavy atom. The average molecular weight is 255 g/mol. The van der Waals surface area contributed by atoms with Crippen molar-refractivity contribution >= 4 is 23.3 Å². The van der Waals surface area contributed by atoms with Gasteiger partial charge in [-0.2, -0.15) is 0 Å². The number of hydrogen-bond acceptors (Lipinski definition) is 4. The first-order valence-corrected chi connectivity index (χ1v) is 5.72. The molecule has 0 amide bonds. The van der Waals surface area contributed by atoms with Gasteiger partial charge < -0.3 is 5.73 Å². The molecule has 0 aliphatic heterocycles. The SMILES string of the molecule is Cc1cccc([N+](=O)[O-])c1C=Nc1ccccc1N. The summed E-state index contributed by atoms with van der Waals surface area (Å²) < 4.78 is 0. The Morgan fingerprint density at radius 3 is 2.63 bits per heavy atom. The summed E-state index contributed by atoms with van der Waals surface area (Å²) >= 11 is 0. The molecule has 0 saturated carbocycles. The molecule has 0 spiro atoms. The molecule has 19 heavy (non-hydrogen) atoms. The number of nitrogens with two attached hydrogens (primary N) is 1. The Kier molecular flexibility index (Phi) is 3.56. The van der Waals surface area contributed by atoms with Crippen molar-refractivity contribution in [3.8, 4) is 0 Å². The summed E-state index contributed by atoms with van der Waals surface area (Å²) in [7, 11) is 0. The van der Waals surface area contributed by atoms with Crippen LogP contribution in [0, 0.1) is 17.0 Å². The maximum Gasteiger partial charge on any atom is 0.278 e. The number of benzene rings is 2. The Bertz CT molecular complexity index is 651. The van der Waals surface area contributed by atoms with Gasteiger partial charge in [-0.1, -0.05) is 24.3 Å². The summed E-state index contributed by atoms with van der Waals surface area (Å²) in [6.45, 7) is 1.81. The Labute approximate surface area is 110 Å². The summed E-state index contributed by atoms with van der Waals surface area (Å²) in [4.78, 5) is 14.8. The van der Waals surface area contributed by atoms with E-state index in [1.165, 1.54) is 12.3 Å². The van der Waals surface area contributed by atoms with Crippen LogP contribution >= 0.6 is 0 Å². The van der Waals surface area contributed by atoms with Crippen LogP contribution in [0.4, 0.5) is 17.1 Å². The van der Waals surface area contributed by atoms with Gasteiger partial charge in [0.15, 0.2) is 0 Å². The molecule has 0 radical (unpaired) electrons. The number of anilines is 1. The molecule has 5 nitrogen and oxygen atoms in total. The fourth-order valence-electron chi connectivity index (χ4n) is 1.73. The van der Waals surface area contributed by atoms with Crippen molar-refractivity contribution in [2.45, 2.75) is 6.92 Å². The first-order valence-electron chi connectivity index (χ1n) is 5.72. The van der Waals surface area contributed by atoms with Gasteiger partial charge in [-0.05, 0) is 24.6 Å². The molecule has 2 N–H and O–H groups in total. The van der Waals surface area contributed by atoms with Crippen LogP contribution in [0.25, 0.3) is 0 Å². The van der Waals surface area contributed by atoms with Gasteiger partial charge in [0.1, 0.15) is 0 Å². The zero-order chi connectivity index (χ0) is 13.8. The molecular weight excluding hydrogens is 242 g/mol. The molecule has 0 bridgehead atoms. The number of aliphatic imine (C=N–C) groups is 1. The number of nitrogens with zero attached hydrogens (tertiary/aromatic N) is 2. The molecule has 96 valence electrons. The van der Waals surface area contributed by atoms with Crippen molar-refractivity contribution in [3.05, 3.63) is 63.7 Å². The van der Waals surface area contributed by atoms with Crippen molar-refractivity contribution < 1.29 is 4.92 Å². The zero-order valence-corrected chi connectivity index (χ0v) is 10.4. The highest BCUT2D eigenvalue weighted by Gasteiger charge is 2.13. The topological polar surface area (TPSA) is 81.5 Å². The molecule has 0 aliphatic rings. The second-order valence-corrected chi connectivity index (χ2v) is 4.08. The predicted octanol–water partition coefficient (Wildman–Crippen LogP) is 3.24. The highest BCUT2D eigenvalue weighted by atomic mass is 16.6. The summed E-state index contributed by atoms with van der Waals surface area (Å²) in [5.41, 5.74) is 8.24. The molecule has 0 atom stereocenters. The first kappa shape index (κ1) is 12.8. The molecule has 0 unspecified atom stereocenters. The normalized spacial score (nSPS) is 10.8. The number of rotatable bonds is 3. The van der Waals surface area contributed by atoms with Gasteiger partial charge >= 0.3 is 0 Å². The van der Waals surface area contributed by atoms with E-state index in [1.807, 2.05) is 25.1 Å². The van der Waals surface area contributed by atoms with Crippen LogP contribution in [0.15, 0.2) is 47.5 Å². The van der Waals surface area contributed by atoms with Crippen LogP contribution in [-0.2, 0) is 0 Å². The van der Waals surface area contributed by atoms with Gasteiger partial charge in [0.2, 0.25) is 0 Å². The van der Waals surface area contributed by atoms with E-state index in [0.29, 0.717) is 16.9 Å². The number of nitrogen functional groups attached to an aromatic ring is 1. The lowest BCUT2D eigenvalue weighted by Gasteiger charge is -2.02. The fourth-order valence-corrected chi connectivity index (χ4v) is 1.73. The molecule has 0 aromatic heterocycles. The monoisotopic (exact) mass is 255 g/mol. The van der Waals surface area contributed by atoms with E-state index in [-0.39, 0.29) is 5.69 Å². The number of nitro groups is 1. The van der Waals surface area contributed by atoms with Crippen LogP contribution in [0.2, 0.25) is 0 Å². The van der Waals surface area contributed by atoms with Crippen molar-refractivity contribution in [1.29, 1.82) is 0 Å². The third-order valence-electron chi connectivity index (χ3n) is 2.77. The summed E-state index contributed by atoms with van der Waals surface area (Å²) in [6, 6.07) is 12.0. The molecule has 0 fully saturated rings. The van der Waals surface area contributed by atoms with Crippen molar-refractivity contribution in [1.82, 2.24) is 0 Å². The van der Waals surface area contributed by atoms with Crippen LogP contribution < -0.4 is 5.73 Å². The van der Waals surface area contributed by atoms with E-state index < -0.39 is 4.92 Å². The quantitative estimate of drug-likeness (QED) is 0.395. The lowest BCUT2D eigenvalue weighted by molar-refractivity contribution is -0.385. The van der Waals surface area contributed by atoms with Crippen molar-refractivity contribution in [3.63, 3.8) is 0 Å². The van der Waals surface area contributed by atoms with Gasteiger partial charge in [-0.15, -0.1) is 0 Å². The van der Waals surface area contributed by atoms with Crippen molar-refractivity contribution in [2.75, 3.05) is 5.73 Å². The van der Waals surface area contributed by atoms with E-state index in [2.05, 4.69) is 4.99 Å². The average Bonchev–Trinajstić information content (AvgIpc) is 2.38. The summed E-state index contributed by atoms with van der Waals surface area (Å²) in [5.74, 6) is 0. The first-order chi connectivity index (χ1) is 9.09. The standard InChI is InChI=1S/C14H13N3O2/c1-10-5-4-8-14(17(18)19)11(10)9-16-13-7-3-2-6-12(13)15/h2-9H,15H2,1H3. The minimum Gasteiger partial charge on any atom is -0.397 e. The molecule has 2 aromatic rings. The lowest BCUT2D eigenvalue weighted by atomic mass is 10.1. The molecule has 2 rings (SSSR count). The Morgan fingerprint density at radius 1 is 1.21 bits per heavy atom. The van der Waals surface area contributed by atoms with Gasteiger partial charge in [0.25, 0.3) is 5.69 Å². The smallest absolute Gasteiger partial charge is 0.278 e. The number of hydrogen-bond donors (Lipinski definition) is 1. The zero-order valence-electron chi connectivity index (χ0n) is 10.4. The number of para-hydroxylation sites is 2. The van der Waals surface area contributed by atoms with Crippen LogP contribution in [0.5, 0.6) is 0 Å². The predicted molar refractivity (Wildman–Crippen MR) is 75.9 cm³/mol. The van der Waals surface area contributed by atoms with Gasteiger partial charge in [0, 0.05) is 12.3 Å². The van der Waals surface area contributed by atoms with E-state index in [9.17, 15) is 10.1 Å². The molecule has 0 aliphatic carbocycles. The highest BCUT2D eigenvalue weighted by molar-refractivity contribution is 5.89. The van der Waals surface area contributed by atoms with E-state index in [4.69, 9.17) is 5.73 Å². The summed E-state index contributed by atoms with van der Waals surface area (Å²) in [5, 5.41) is 11.0. The van der Waals surface area contributed by atoms with Crippen LogP contribution in [0.1, 0.15) is 11.1 Å². The fraction of sp³-hybridized carbons (Fsp3) is 0.0714. The second kappa shape index (κ2) is 5.30. The highest BCUT2D eigenvalue weighted by Crippen LogP contribution is 2.23. The molecule has 0 heterocycles. The second-order valence-electron chi connectivity index (χ2n) is 4.08. The van der Waals surface area contributed by atoms with Gasteiger partial charge in [-0.3, -0.25) is 15.1 Å². The Balaban J connectivity index is 2.44.